The predicted octanol–water partition coefficient (Wildman–Crippen LogP) is 10.1. The molecule has 0 fully saturated rings. The molecule has 4 aromatic rings. The predicted molar refractivity (Wildman–Crippen MR) is 167 cm³/mol. The molecule has 0 aliphatic rings. The van der Waals surface area contributed by atoms with Crippen LogP contribution in [0.15, 0.2) is 64.9 Å². The summed E-state index contributed by atoms with van der Waals surface area (Å²) in [5.74, 6) is 1.46. The Labute approximate surface area is 259 Å². The number of benzene rings is 2. The Morgan fingerprint density at radius 1 is 0.902 bits per heavy atom. The van der Waals surface area contributed by atoms with Gasteiger partial charge in [-0.15, -0.1) is 34.9 Å². The first kappa shape index (κ1) is 34.2. The minimum atomic E-state index is 0. The zero-order valence-corrected chi connectivity index (χ0v) is 28.1. The van der Waals surface area contributed by atoms with Gasteiger partial charge in [-0.1, -0.05) is 71.4 Å². The number of hydrogen-bond donors (Lipinski definition) is 1. The average Bonchev–Trinajstić information content (AvgIpc) is 3.26. The number of fused-ring (bicyclic) bond motifs is 1. The zero-order chi connectivity index (χ0) is 29.4. The average molecular weight is 731 g/mol. The van der Waals surface area contributed by atoms with Gasteiger partial charge in [0.15, 0.2) is 5.78 Å². The van der Waals surface area contributed by atoms with Crippen molar-refractivity contribution in [3.63, 3.8) is 0 Å². The first-order chi connectivity index (χ1) is 19.1. The molecule has 5 heteroatoms. The standard InChI is InChI=1S/C23H20NO.C13H24O2.Ir/c1-14-5-7-18(8-6-14)22-17(4)20-9-10-24-21(23(20)25-22)19-12-15(2)11-16(3)13-19;1-5-10(6-2)12(14)9-13(15)11(7-3)8-4;/h5-12H,1-4H3;9-11,14H,5-8H2,1-4H3;/q-1;;/b;12-9-;. The molecule has 2 aromatic carbocycles. The summed E-state index contributed by atoms with van der Waals surface area (Å²) in [6.45, 7) is 16.4. The molecular weight excluding hydrogens is 687 g/mol. The van der Waals surface area contributed by atoms with Crippen LogP contribution in [0, 0.1) is 45.6 Å². The van der Waals surface area contributed by atoms with Crippen molar-refractivity contribution in [1.29, 1.82) is 0 Å². The van der Waals surface area contributed by atoms with E-state index in [0.29, 0.717) is 0 Å². The summed E-state index contributed by atoms with van der Waals surface area (Å²) in [5, 5.41) is 10.9. The maximum absolute atomic E-state index is 11.7. The first-order valence-corrected chi connectivity index (χ1v) is 14.5. The van der Waals surface area contributed by atoms with Crippen molar-refractivity contribution in [1.82, 2.24) is 4.98 Å². The Morgan fingerprint density at radius 3 is 2.07 bits per heavy atom. The van der Waals surface area contributed by atoms with E-state index in [1.54, 1.807) is 0 Å². The van der Waals surface area contributed by atoms with Crippen LogP contribution in [-0.2, 0) is 24.9 Å². The van der Waals surface area contributed by atoms with Crippen molar-refractivity contribution >= 4 is 16.8 Å². The molecule has 0 saturated carbocycles. The van der Waals surface area contributed by atoms with Crippen LogP contribution in [0.2, 0.25) is 0 Å². The molecule has 2 aromatic heterocycles. The first-order valence-electron chi connectivity index (χ1n) is 14.5. The number of aromatic nitrogens is 1. The summed E-state index contributed by atoms with van der Waals surface area (Å²) in [4.78, 5) is 16.3. The Hall–Kier alpha value is -3.01. The number of carbonyl (C=O) groups is 1. The second-order valence-corrected chi connectivity index (χ2v) is 10.7. The number of nitrogens with zero attached hydrogens (tertiary/aromatic N) is 1. The van der Waals surface area contributed by atoms with Crippen LogP contribution in [0.4, 0.5) is 0 Å². The van der Waals surface area contributed by atoms with Crippen LogP contribution in [0.5, 0.6) is 0 Å². The molecule has 221 valence electrons. The fourth-order valence-electron chi connectivity index (χ4n) is 5.12. The molecule has 1 N–H and O–H groups in total. The molecule has 0 unspecified atom stereocenters. The molecule has 0 saturated heterocycles. The molecule has 0 amide bonds. The van der Waals surface area contributed by atoms with E-state index in [1.807, 2.05) is 40.0 Å². The normalized spacial score (nSPS) is 11.4. The van der Waals surface area contributed by atoms with E-state index in [2.05, 4.69) is 75.1 Å². The molecule has 41 heavy (non-hydrogen) atoms. The fraction of sp³-hybridized carbons (Fsp3) is 0.389. The number of hydrogen-bond acceptors (Lipinski definition) is 4. The van der Waals surface area contributed by atoms with Crippen LogP contribution in [0.25, 0.3) is 33.6 Å². The molecule has 1 radical (unpaired) electrons. The van der Waals surface area contributed by atoms with E-state index in [0.717, 1.165) is 70.4 Å². The minimum absolute atomic E-state index is 0. The molecule has 0 spiro atoms. The molecule has 0 bridgehead atoms. The Balaban J connectivity index is 0.000000320. The second-order valence-electron chi connectivity index (χ2n) is 10.7. The van der Waals surface area contributed by atoms with Crippen molar-refractivity contribution in [3.8, 4) is 22.6 Å². The van der Waals surface area contributed by atoms with Crippen molar-refractivity contribution in [3.05, 3.63) is 88.8 Å². The van der Waals surface area contributed by atoms with Crippen molar-refractivity contribution in [2.45, 2.75) is 81.1 Å². The molecule has 2 heterocycles. The smallest absolute Gasteiger partial charge is 0.162 e. The molecule has 4 nitrogen and oxygen atoms in total. The molecular formula is C36H44IrNO3-. The number of rotatable bonds is 9. The van der Waals surface area contributed by atoms with E-state index in [1.165, 1.54) is 17.2 Å². The van der Waals surface area contributed by atoms with E-state index < -0.39 is 0 Å². The molecule has 0 atom stereocenters. The number of furan rings is 1. The largest absolute Gasteiger partial charge is 0.512 e. The van der Waals surface area contributed by atoms with Gasteiger partial charge >= 0.3 is 0 Å². The maximum Gasteiger partial charge on any atom is 0.162 e. The number of pyridine rings is 1. The quantitative estimate of drug-likeness (QED) is 0.106. The van der Waals surface area contributed by atoms with Crippen molar-refractivity contribution < 1.29 is 34.4 Å². The van der Waals surface area contributed by atoms with Gasteiger partial charge < -0.3 is 14.5 Å². The molecule has 0 aliphatic heterocycles. The SMILES string of the molecule is CCC(CC)C(=O)/C=C(\O)C(CC)CC.Cc1[c-]c(-c2nccc3c(C)c(-c4ccc(C)cc4)oc23)cc(C)c1.[Ir]. The summed E-state index contributed by atoms with van der Waals surface area (Å²) >= 11 is 0. The van der Waals surface area contributed by atoms with Crippen LogP contribution in [-0.4, -0.2) is 15.9 Å². The maximum atomic E-state index is 11.7. The summed E-state index contributed by atoms with van der Waals surface area (Å²) in [7, 11) is 0. The zero-order valence-electron chi connectivity index (χ0n) is 25.7. The minimum Gasteiger partial charge on any atom is -0.512 e. The van der Waals surface area contributed by atoms with Gasteiger partial charge in [0.05, 0.1) is 5.76 Å². The van der Waals surface area contributed by atoms with E-state index in [-0.39, 0.29) is 43.5 Å². The Bertz CT molecular complexity index is 1440. The molecule has 0 aliphatic carbocycles. The van der Waals surface area contributed by atoms with E-state index >= 15 is 0 Å². The summed E-state index contributed by atoms with van der Waals surface area (Å²) < 4.78 is 6.31. The summed E-state index contributed by atoms with van der Waals surface area (Å²) in [5.41, 5.74) is 8.45. The summed E-state index contributed by atoms with van der Waals surface area (Å²) in [6, 6.07) is 18.1. The van der Waals surface area contributed by atoms with Gasteiger partial charge in [0, 0.05) is 66.4 Å². The Morgan fingerprint density at radius 2 is 1.51 bits per heavy atom. The number of allylic oxidation sites excluding steroid dienone is 2. The third-order valence-electron chi connectivity index (χ3n) is 7.65. The van der Waals surface area contributed by atoms with E-state index in [4.69, 9.17) is 4.42 Å². The number of aryl methyl sites for hydroxylation is 4. The topological polar surface area (TPSA) is 63.3 Å². The van der Waals surface area contributed by atoms with Crippen LogP contribution in [0.1, 0.15) is 75.6 Å². The van der Waals surface area contributed by atoms with Gasteiger partial charge in [0.25, 0.3) is 0 Å². The molecule has 4 rings (SSSR count). The van der Waals surface area contributed by atoms with Gasteiger partial charge in [-0.2, -0.15) is 0 Å². The number of aliphatic hydroxyl groups is 1. The van der Waals surface area contributed by atoms with Gasteiger partial charge in [0.1, 0.15) is 11.3 Å². The van der Waals surface area contributed by atoms with Crippen LogP contribution < -0.4 is 0 Å². The van der Waals surface area contributed by atoms with Gasteiger partial charge in [-0.3, -0.25) is 4.79 Å². The summed E-state index contributed by atoms with van der Waals surface area (Å²) in [6.07, 6.45) is 6.76. The van der Waals surface area contributed by atoms with Gasteiger partial charge in [0.2, 0.25) is 0 Å². The van der Waals surface area contributed by atoms with E-state index in [9.17, 15) is 9.90 Å². The fourth-order valence-corrected chi connectivity index (χ4v) is 5.12. The third-order valence-corrected chi connectivity index (χ3v) is 7.65. The third kappa shape index (κ3) is 8.50. The van der Waals surface area contributed by atoms with Gasteiger partial charge in [-0.25, -0.2) is 0 Å². The monoisotopic (exact) mass is 731 g/mol. The van der Waals surface area contributed by atoms with Gasteiger partial charge in [-0.05, 0) is 45.6 Å². The number of aliphatic hydroxyl groups excluding tert-OH is 1. The number of ketones is 1. The Kier molecular flexibility index (Phi) is 13.2. The van der Waals surface area contributed by atoms with Crippen LogP contribution in [0.3, 0.4) is 0 Å². The van der Waals surface area contributed by atoms with Crippen molar-refractivity contribution in [2.75, 3.05) is 0 Å². The second kappa shape index (κ2) is 15.8. The van der Waals surface area contributed by atoms with Crippen LogP contribution >= 0.6 is 0 Å². The van der Waals surface area contributed by atoms with Crippen molar-refractivity contribution in [2.24, 2.45) is 11.8 Å². The number of carbonyl (C=O) groups excluding carboxylic acids is 1.